The molecule has 2 rings (SSSR count). The van der Waals surface area contributed by atoms with Gasteiger partial charge in [0, 0.05) is 5.56 Å². The largest absolute Gasteiger partial charge is 0.506 e. The highest BCUT2D eigenvalue weighted by atomic mass is 19.1. The number of amides is 1. The van der Waals surface area contributed by atoms with Crippen LogP contribution < -0.4 is 5.32 Å². The third-order valence-electron chi connectivity index (χ3n) is 2.80. The summed E-state index contributed by atoms with van der Waals surface area (Å²) in [5.74, 6) is -2.71. The number of halogens is 1. The van der Waals surface area contributed by atoms with Gasteiger partial charge in [-0.3, -0.25) is 4.79 Å². The maximum atomic E-state index is 13.3. The van der Waals surface area contributed by atoms with Gasteiger partial charge >= 0.3 is 5.97 Å². The van der Waals surface area contributed by atoms with Gasteiger partial charge in [-0.1, -0.05) is 0 Å². The van der Waals surface area contributed by atoms with Crippen molar-refractivity contribution < 1.29 is 24.2 Å². The van der Waals surface area contributed by atoms with Gasteiger partial charge in [-0.25, -0.2) is 9.18 Å². The average Bonchev–Trinajstić information content (AvgIpc) is 2.39. The smallest absolute Gasteiger partial charge is 0.335 e. The molecule has 0 aromatic heterocycles. The molecule has 0 unspecified atom stereocenters. The van der Waals surface area contributed by atoms with Gasteiger partial charge in [0.2, 0.25) is 0 Å². The Labute approximate surface area is 119 Å². The number of phenols is 1. The van der Waals surface area contributed by atoms with Crippen LogP contribution in [0.2, 0.25) is 0 Å². The number of carboxylic acid groups (broad SMARTS) is 1. The SMILES string of the molecule is Cc1cc(F)cc(C(=O)Nc2ccc(C(=O)O)cc2O)c1. The van der Waals surface area contributed by atoms with Crippen LogP contribution in [0, 0.1) is 12.7 Å². The van der Waals surface area contributed by atoms with Crippen molar-refractivity contribution in [3.8, 4) is 5.75 Å². The summed E-state index contributed by atoms with van der Waals surface area (Å²) in [5.41, 5.74) is 0.638. The van der Waals surface area contributed by atoms with Crippen LogP contribution in [0.3, 0.4) is 0 Å². The van der Waals surface area contributed by atoms with Gasteiger partial charge in [0.1, 0.15) is 11.6 Å². The number of nitrogens with one attached hydrogen (secondary N) is 1. The lowest BCUT2D eigenvalue weighted by Gasteiger charge is -2.08. The minimum absolute atomic E-state index is 0.0481. The van der Waals surface area contributed by atoms with Crippen LogP contribution in [0.1, 0.15) is 26.3 Å². The first-order chi connectivity index (χ1) is 9.86. The molecular formula is C15H12FNO4. The van der Waals surface area contributed by atoms with Crippen molar-refractivity contribution in [2.45, 2.75) is 6.92 Å². The molecule has 3 N–H and O–H groups in total. The molecule has 0 fully saturated rings. The van der Waals surface area contributed by atoms with E-state index in [-0.39, 0.29) is 22.6 Å². The third-order valence-corrected chi connectivity index (χ3v) is 2.80. The number of aromatic hydroxyl groups is 1. The molecule has 0 aliphatic rings. The number of carbonyl (C=O) groups is 2. The Balaban J connectivity index is 2.25. The number of aromatic carboxylic acids is 1. The molecule has 108 valence electrons. The minimum atomic E-state index is -1.19. The fourth-order valence-corrected chi connectivity index (χ4v) is 1.83. The maximum absolute atomic E-state index is 13.3. The van der Waals surface area contributed by atoms with Crippen molar-refractivity contribution >= 4 is 17.6 Å². The molecule has 0 bridgehead atoms. The van der Waals surface area contributed by atoms with Crippen LogP contribution in [-0.4, -0.2) is 22.1 Å². The van der Waals surface area contributed by atoms with E-state index in [0.717, 1.165) is 12.1 Å². The Kier molecular flexibility index (Phi) is 3.89. The molecule has 0 saturated heterocycles. The molecule has 0 saturated carbocycles. The van der Waals surface area contributed by atoms with Gasteiger partial charge in [0.25, 0.3) is 5.91 Å². The highest BCUT2D eigenvalue weighted by molar-refractivity contribution is 6.05. The van der Waals surface area contributed by atoms with E-state index in [1.807, 2.05) is 0 Å². The van der Waals surface area contributed by atoms with E-state index in [1.165, 1.54) is 24.3 Å². The van der Waals surface area contributed by atoms with E-state index in [2.05, 4.69) is 5.32 Å². The van der Waals surface area contributed by atoms with E-state index in [4.69, 9.17) is 5.11 Å². The molecule has 0 atom stereocenters. The first-order valence-electron chi connectivity index (χ1n) is 6.01. The van der Waals surface area contributed by atoms with Crippen LogP contribution in [0.25, 0.3) is 0 Å². The second kappa shape index (κ2) is 5.62. The predicted molar refractivity (Wildman–Crippen MR) is 74.2 cm³/mol. The first-order valence-corrected chi connectivity index (χ1v) is 6.01. The fraction of sp³-hybridized carbons (Fsp3) is 0.0667. The van der Waals surface area contributed by atoms with Crippen molar-refractivity contribution in [1.29, 1.82) is 0 Å². The number of hydrogen-bond acceptors (Lipinski definition) is 3. The van der Waals surface area contributed by atoms with E-state index >= 15 is 0 Å². The van der Waals surface area contributed by atoms with Crippen molar-refractivity contribution in [2.75, 3.05) is 5.32 Å². The Morgan fingerprint density at radius 1 is 1.10 bits per heavy atom. The zero-order valence-corrected chi connectivity index (χ0v) is 11.1. The summed E-state index contributed by atoms with van der Waals surface area (Å²) >= 11 is 0. The lowest BCUT2D eigenvalue weighted by molar-refractivity contribution is 0.0696. The number of aryl methyl sites for hydroxylation is 1. The number of rotatable bonds is 3. The van der Waals surface area contributed by atoms with Gasteiger partial charge in [-0.05, 0) is 48.9 Å². The highest BCUT2D eigenvalue weighted by Gasteiger charge is 2.12. The molecule has 5 nitrogen and oxygen atoms in total. The van der Waals surface area contributed by atoms with Gasteiger partial charge in [0.05, 0.1) is 11.3 Å². The van der Waals surface area contributed by atoms with Crippen LogP contribution in [0.4, 0.5) is 10.1 Å². The summed E-state index contributed by atoms with van der Waals surface area (Å²) in [6.07, 6.45) is 0. The maximum Gasteiger partial charge on any atom is 0.335 e. The van der Waals surface area contributed by atoms with Gasteiger partial charge < -0.3 is 15.5 Å². The molecular weight excluding hydrogens is 277 g/mol. The van der Waals surface area contributed by atoms with Crippen LogP contribution in [0.15, 0.2) is 36.4 Å². The van der Waals surface area contributed by atoms with Crippen LogP contribution >= 0.6 is 0 Å². The number of carbonyl (C=O) groups excluding carboxylic acids is 1. The molecule has 0 spiro atoms. The molecule has 0 aliphatic heterocycles. The van der Waals surface area contributed by atoms with E-state index < -0.39 is 17.7 Å². The third kappa shape index (κ3) is 3.36. The topological polar surface area (TPSA) is 86.6 Å². The van der Waals surface area contributed by atoms with Crippen molar-refractivity contribution in [1.82, 2.24) is 0 Å². The van der Waals surface area contributed by atoms with Crippen LogP contribution in [0.5, 0.6) is 5.75 Å². The number of hydrogen-bond donors (Lipinski definition) is 3. The zero-order chi connectivity index (χ0) is 15.6. The zero-order valence-electron chi connectivity index (χ0n) is 11.1. The van der Waals surface area contributed by atoms with Crippen molar-refractivity contribution in [2.24, 2.45) is 0 Å². The normalized spacial score (nSPS) is 10.2. The fourth-order valence-electron chi connectivity index (χ4n) is 1.83. The van der Waals surface area contributed by atoms with Crippen molar-refractivity contribution in [3.05, 3.63) is 58.9 Å². The first kappa shape index (κ1) is 14.5. The molecule has 0 heterocycles. The Hall–Kier alpha value is -2.89. The molecule has 1 amide bonds. The number of carboxylic acids is 1. The monoisotopic (exact) mass is 289 g/mol. The second-order valence-corrected chi connectivity index (χ2v) is 4.51. The lowest BCUT2D eigenvalue weighted by Crippen LogP contribution is -2.12. The van der Waals surface area contributed by atoms with Gasteiger partial charge in [-0.15, -0.1) is 0 Å². The van der Waals surface area contributed by atoms with Crippen molar-refractivity contribution in [3.63, 3.8) is 0 Å². The minimum Gasteiger partial charge on any atom is -0.506 e. The van der Waals surface area contributed by atoms with Crippen LogP contribution in [-0.2, 0) is 0 Å². The number of phenolic OH excluding ortho intramolecular Hbond substituents is 1. The Morgan fingerprint density at radius 3 is 2.38 bits per heavy atom. The van der Waals surface area contributed by atoms with Gasteiger partial charge in [-0.2, -0.15) is 0 Å². The summed E-state index contributed by atoms with van der Waals surface area (Å²) in [4.78, 5) is 22.7. The number of anilines is 1. The second-order valence-electron chi connectivity index (χ2n) is 4.51. The lowest BCUT2D eigenvalue weighted by atomic mass is 10.1. The standard InChI is InChI=1S/C15H12FNO4/c1-8-4-10(6-11(16)5-8)14(19)17-12-3-2-9(15(20)21)7-13(12)18/h2-7,18H,1H3,(H,17,19)(H,20,21). The summed E-state index contributed by atoms with van der Waals surface area (Å²) in [6.45, 7) is 1.65. The quantitative estimate of drug-likeness (QED) is 0.758. The van der Waals surface area contributed by atoms with E-state index in [1.54, 1.807) is 6.92 Å². The molecule has 0 radical (unpaired) electrons. The molecule has 6 heteroatoms. The summed E-state index contributed by atoms with van der Waals surface area (Å²) in [5, 5.41) is 20.9. The average molecular weight is 289 g/mol. The predicted octanol–water partition coefficient (Wildman–Crippen LogP) is 2.79. The summed E-state index contributed by atoms with van der Waals surface area (Å²) in [7, 11) is 0. The Morgan fingerprint density at radius 2 is 1.81 bits per heavy atom. The summed E-state index contributed by atoms with van der Waals surface area (Å²) < 4.78 is 13.3. The molecule has 0 aliphatic carbocycles. The van der Waals surface area contributed by atoms with Gasteiger partial charge in [0.15, 0.2) is 0 Å². The molecule has 2 aromatic rings. The van der Waals surface area contributed by atoms with E-state index in [0.29, 0.717) is 5.56 Å². The number of benzene rings is 2. The molecule has 21 heavy (non-hydrogen) atoms. The highest BCUT2D eigenvalue weighted by Crippen LogP contribution is 2.25. The van der Waals surface area contributed by atoms with E-state index in [9.17, 15) is 19.1 Å². The Bertz CT molecular complexity index is 707. The summed E-state index contributed by atoms with van der Waals surface area (Å²) in [6, 6.07) is 7.40. The molecule has 2 aromatic carbocycles.